The quantitative estimate of drug-likeness (QED) is 0.729. The van der Waals surface area contributed by atoms with Gasteiger partial charge >= 0.3 is 5.97 Å². The summed E-state index contributed by atoms with van der Waals surface area (Å²) < 4.78 is 15.3. The SMILES string of the molecule is COc1ccc(OC)c(CCOCC(=O)O)c1. The van der Waals surface area contributed by atoms with Gasteiger partial charge < -0.3 is 19.3 Å². The van der Waals surface area contributed by atoms with Gasteiger partial charge in [0.25, 0.3) is 0 Å². The Morgan fingerprint density at radius 3 is 2.65 bits per heavy atom. The molecule has 0 radical (unpaired) electrons. The lowest BCUT2D eigenvalue weighted by Gasteiger charge is -2.10. The number of carboxylic acid groups (broad SMARTS) is 1. The van der Waals surface area contributed by atoms with E-state index in [9.17, 15) is 4.79 Å². The fourth-order valence-corrected chi connectivity index (χ4v) is 1.42. The summed E-state index contributed by atoms with van der Waals surface area (Å²) in [5.74, 6) is 0.506. The molecule has 0 atom stereocenters. The molecule has 0 spiro atoms. The van der Waals surface area contributed by atoms with E-state index in [0.717, 1.165) is 17.1 Å². The Morgan fingerprint density at radius 2 is 2.06 bits per heavy atom. The van der Waals surface area contributed by atoms with E-state index < -0.39 is 5.97 Å². The normalized spacial score (nSPS) is 10.0. The number of benzene rings is 1. The second-order valence-electron chi connectivity index (χ2n) is 3.37. The third kappa shape index (κ3) is 4.32. The largest absolute Gasteiger partial charge is 0.497 e. The molecule has 0 aliphatic heterocycles. The van der Waals surface area contributed by atoms with E-state index in [-0.39, 0.29) is 6.61 Å². The van der Waals surface area contributed by atoms with Crippen molar-refractivity contribution >= 4 is 5.97 Å². The molecule has 0 unspecified atom stereocenters. The van der Waals surface area contributed by atoms with E-state index in [2.05, 4.69) is 0 Å². The molecule has 0 aromatic heterocycles. The smallest absolute Gasteiger partial charge is 0.329 e. The van der Waals surface area contributed by atoms with Gasteiger partial charge in [0, 0.05) is 5.56 Å². The first-order valence-corrected chi connectivity index (χ1v) is 5.17. The van der Waals surface area contributed by atoms with Gasteiger partial charge in [-0.3, -0.25) is 0 Å². The van der Waals surface area contributed by atoms with Crippen LogP contribution in [0, 0.1) is 0 Å². The summed E-state index contributed by atoms with van der Waals surface area (Å²) in [5, 5.41) is 8.42. The van der Waals surface area contributed by atoms with Gasteiger partial charge in [0.15, 0.2) is 0 Å². The standard InChI is InChI=1S/C12H16O5/c1-15-10-3-4-11(16-2)9(7-10)5-6-17-8-12(13)14/h3-4,7H,5-6,8H2,1-2H3,(H,13,14). The number of rotatable bonds is 7. The average Bonchev–Trinajstić information content (AvgIpc) is 2.34. The van der Waals surface area contributed by atoms with Crippen molar-refractivity contribution in [2.45, 2.75) is 6.42 Å². The molecule has 0 saturated carbocycles. The number of ether oxygens (including phenoxy) is 3. The van der Waals surface area contributed by atoms with E-state index in [0.29, 0.717) is 13.0 Å². The van der Waals surface area contributed by atoms with E-state index in [1.165, 1.54) is 0 Å². The van der Waals surface area contributed by atoms with Gasteiger partial charge in [-0.2, -0.15) is 0 Å². The van der Waals surface area contributed by atoms with Gasteiger partial charge in [-0.25, -0.2) is 4.79 Å². The predicted octanol–water partition coefficient (Wildman–Crippen LogP) is 1.35. The van der Waals surface area contributed by atoms with Gasteiger partial charge in [-0.15, -0.1) is 0 Å². The van der Waals surface area contributed by atoms with Crippen molar-refractivity contribution in [3.63, 3.8) is 0 Å². The maximum atomic E-state index is 10.3. The maximum Gasteiger partial charge on any atom is 0.329 e. The summed E-state index contributed by atoms with van der Waals surface area (Å²) in [6, 6.07) is 5.47. The Labute approximate surface area is 99.9 Å². The van der Waals surface area contributed by atoms with Crippen LogP contribution >= 0.6 is 0 Å². The molecular weight excluding hydrogens is 224 g/mol. The zero-order chi connectivity index (χ0) is 12.7. The van der Waals surface area contributed by atoms with Crippen LogP contribution in [0.25, 0.3) is 0 Å². The monoisotopic (exact) mass is 240 g/mol. The molecule has 1 N–H and O–H groups in total. The minimum Gasteiger partial charge on any atom is -0.497 e. The minimum atomic E-state index is -0.970. The molecule has 0 aliphatic carbocycles. The lowest BCUT2D eigenvalue weighted by molar-refractivity contribution is -0.142. The van der Waals surface area contributed by atoms with Gasteiger partial charge in [0.1, 0.15) is 18.1 Å². The molecule has 0 heterocycles. The molecule has 17 heavy (non-hydrogen) atoms. The number of aliphatic carboxylic acids is 1. The second kappa shape index (κ2) is 6.75. The molecule has 0 aliphatic rings. The number of hydrogen-bond acceptors (Lipinski definition) is 4. The van der Waals surface area contributed by atoms with Crippen molar-refractivity contribution in [3.05, 3.63) is 23.8 Å². The highest BCUT2D eigenvalue weighted by Crippen LogP contribution is 2.24. The van der Waals surface area contributed by atoms with Crippen molar-refractivity contribution in [1.29, 1.82) is 0 Å². The summed E-state index contributed by atoms with van der Waals surface area (Å²) in [4.78, 5) is 10.3. The van der Waals surface area contributed by atoms with Crippen LogP contribution < -0.4 is 9.47 Å². The summed E-state index contributed by atoms with van der Waals surface area (Å²) in [7, 11) is 3.18. The molecular formula is C12H16O5. The van der Waals surface area contributed by atoms with Crippen LogP contribution in [0.1, 0.15) is 5.56 Å². The fourth-order valence-electron chi connectivity index (χ4n) is 1.42. The van der Waals surface area contributed by atoms with Crippen molar-refractivity contribution in [1.82, 2.24) is 0 Å². The molecule has 5 nitrogen and oxygen atoms in total. The molecule has 1 aromatic rings. The van der Waals surface area contributed by atoms with Gasteiger partial charge in [-0.1, -0.05) is 0 Å². The molecule has 5 heteroatoms. The van der Waals surface area contributed by atoms with E-state index in [4.69, 9.17) is 19.3 Å². The number of carbonyl (C=O) groups is 1. The highest BCUT2D eigenvalue weighted by molar-refractivity contribution is 5.67. The van der Waals surface area contributed by atoms with Crippen LogP contribution in [0.4, 0.5) is 0 Å². The van der Waals surface area contributed by atoms with Crippen molar-refractivity contribution in [2.24, 2.45) is 0 Å². The molecule has 0 fully saturated rings. The number of carboxylic acids is 1. The second-order valence-corrected chi connectivity index (χ2v) is 3.37. The Balaban J connectivity index is 2.58. The topological polar surface area (TPSA) is 65.0 Å². The lowest BCUT2D eigenvalue weighted by Crippen LogP contribution is -2.09. The minimum absolute atomic E-state index is 0.285. The first-order valence-electron chi connectivity index (χ1n) is 5.17. The zero-order valence-corrected chi connectivity index (χ0v) is 9.93. The Kier molecular flexibility index (Phi) is 5.29. The van der Waals surface area contributed by atoms with Crippen LogP contribution in [0.2, 0.25) is 0 Å². The Bertz CT molecular complexity index is 375. The third-order valence-electron chi connectivity index (χ3n) is 2.23. The third-order valence-corrected chi connectivity index (χ3v) is 2.23. The predicted molar refractivity (Wildman–Crippen MR) is 61.7 cm³/mol. The lowest BCUT2D eigenvalue weighted by atomic mass is 10.1. The summed E-state index contributed by atoms with van der Waals surface area (Å²) in [6.07, 6.45) is 0.577. The van der Waals surface area contributed by atoms with Gasteiger partial charge in [0.05, 0.1) is 20.8 Å². The molecule has 1 rings (SSSR count). The van der Waals surface area contributed by atoms with E-state index in [1.807, 2.05) is 12.1 Å². The zero-order valence-electron chi connectivity index (χ0n) is 9.93. The molecule has 94 valence electrons. The molecule has 0 saturated heterocycles. The van der Waals surface area contributed by atoms with Crippen molar-refractivity contribution < 1.29 is 24.1 Å². The van der Waals surface area contributed by atoms with E-state index in [1.54, 1.807) is 20.3 Å². The Morgan fingerprint density at radius 1 is 1.29 bits per heavy atom. The van der Waals surface area contributed by atoms with Gasteiger partial charge in [-0.05, 0) is 24.6 Å². The number of methoxy groups -OCH3 is 2. The average molecular weight is 240 g/mol. The molecule has 0 amide bonds. The highest BCUT2D eigenvalue weighted by atomic mass is 16.5. The van der Waals surface area contributed by atoms with E-state index >= 15 is 0 Å². The first kappa shape index (κ1) is 13.3. The van der Waals surface area contributed by atoms with Crippen LogP contribution in [-0.4, -0.2) is 38.5 Å². The summed E-state index contributed by atoms with van der Waals surface area (Å²) >= 11 is 0. The first-order chi connectivity index (χ1) is 8.17. The van der Waals surface area contributed by atoms with Crippen LogP contribution in [0.15, 0.2) is 18.2 Å². The van der Waals surface area contributed by atoms with Crippen molar-refractivity contribution in [2.75, 3.05) is 27.4 Å². The van der Waals surface area contributed by atoms with Crippen molar-refractivity contribution in [3.8, 4) is 11.5 Å². The van der Waals surface area contributed by atoms with Gasteiger partial charge in [0.2, 0.25) is 0 Å². The molecule has 0 bridgehead atoms. The molecule has 1 aromatic carbocycles. The summed E-state index contributed by atoms with van der Waals surface area (Å²) in [6.45, 7) is 0.0438. The van der Waals surface area contributed by atoms with Crippen LogP contribution in [0.5, 0.6) is 11.5 Å². The Hall–Kier alpha value is -1.75. The number of hydrogen-bond donors (Lipinski definition) is 1. The van der Waals surface area contributed by atoms with Crippen LogP contribution in [-0.2, 0) is 16.0 Å². The summed E-state index contributed by atoms with van der Waals surface area (Å²) in [5.41, 5.74) is 0.928. The highest BCUT2D eigenvalue weighted by Gasteiger charge is 2.05. The van der Waals surface area contributed by atoms with Crippen LogP contribution in [0.3, 0.4) is 0 Å². The maximum absolute atomic E-state index is 10.3. The fraction of sp³-hybridized carbons (Fsp3) is 0.417.